The van der Waals surface area contributed by atoms with Crippen molar-refractivity contribution in [2.75, 3.05) is 26.7 Å². The van der Waals surface area contributed by atoms with Crippen molar-refractivity contribution in [2.24, 2.45) is 11.8 Å². The first-order valence-electron chi connectivity index (χ1n) is 11.6. The van der Waals surface area contributed by atoms with E-state index in [0.717, 1.165) is 12.8 Å². The van der Waals surface area contributed by atoms with Gasteiger partial charge in [0.2, 0.25) is 15.9 Å². The number of carbonyl (C=O) groups is 1. The van der Waals surface area contributed by atoms with Gasteiger partial charge in [0.05, 0.1) is 13.2 Å². The summed E-state index contributed by atoms with van der Waals surface area (Å²) in [5.74, 6) is -0.471. The van der Waals surface area contributed by atoms with Gasteiger partial charge in [-0.15, -0.1) is 0 Å². The van der Waals surface area contributed by atoms with Crippen molar-refractivity contribution in [3.8, 4) is 16.9 Å². The number of aliphatic hydroxyl groups excluding tert-OH is 1. The Hall–Kier alpha value is -2.49. The monoisotopic (exact) mass is 490 g/mol. The lowest BCUT2D eigenvalue weighted by atomic mass is 10.0. The smallest absolute Gasteiger partial charge is 0.247 e. The highest BCUT2D eigenvalue weighted by molar-refractivity contribution is 7.89. The van der Waals surface area contributed by atoms with Gasteiger partial charge in [0.1, 0.15) is 22.6 Å². The van der Waals surface area contributed by atoms with Crippen molar-refractivity contribution in [3.05, 3.63) is 48.3 Å². The lowest BCUT2D eigenvalue weighted by molar-refractivity contribution is -0.132. The molecule has 1 amide bonds. The number of aliphatic hydroxyl groups is 1. The second kappa shape index (κ2) is 9.64. The fourth-order valence-corrected chi connectivity index (χ4v) is 6.13. The van der Waals surface area contributed by atoms with E-state index in [4.69, 9.17) is 4.74 Å². The highest BCUT2D eigenvalue weighted by atomic mass is 32.2. The summed E-state index contributed by atoms with van der Waals surface area (Å²) >= 11 is 0. The van der Waals surface area contributed by atoms with Gasteiger partial charge in [0, 0.05) is 37.0 Å². The molecule has 9 heteroatoms. The summed E-state index contributed by atoms with van der Waals surface area (Å²) in [6.07, 6.45) is 1.28. The van der Waals surface area contributed by atoms with Crippen LogP contribution in [0.4, 0.5) is 4.39 Å². The molecule has 0 saturated heterocycles. The number of ether oxygens (including phenoxy) is 1. The SMILES string of the molecule is C[C@@H]1CN([C@H](C)CO)S(=O)(=O)c2ccc(-c3ccccc3F)cc2O[C@H]1CN(C)C(=O)C1CC1. The first-order valence-corrected chi connectivity index (χ1v) is 13.0. The number of likely N-dealkylation sites (N-methyl/N-ethyl adjacent to an activating group) is 1. The molecule has 0 radical (unpaired) electrons. The minimum Gasteiger partial charge on any atom is -0.487 e. The molecule has 1 fully saturated rings. The lowest BCUT2D eigenvalue weighted by Gasteiger charge is -2.37. The predicted octanol–water partition coefficient (Wildman–Crippen LogP) is 3.13. The number of fused-ring (bicyclic) bond motifs is 1. The van der Waals surface area contributed by atoms with E-state index < -0.39 is 28.0 Å². The molecule has 2 aromatic rings. The summed E-state index contributed by atoms with van der Waals surface area (Å²) < 4.78 is 49.2. The van der Waals surface area contributed by atoms with E-state index in [1.165, 1.54) is 16.4 Å². The van der Waals surface area contributed by atoms with Crippen LogP contribution in [0.15, 0.2) is 47.4 Å². The third kappa shape index (κ3) is 4.82. The van der Waals surface area contributed by atoms with Gasteiger partial charge in [-0.25, -0.2) is 12.8 Å². The molecule has 1 aliphatic carbocycles. The zero-order valence-corrected chi connectivity index (χ0v) is 20.5. The van der Waals surface area contributed by atoms with Crippen LogP contribution in [0.3, 0.4) is 0 Å². The first-order chi connectivity index (χ1) is 16.1. The van der Waals surface area contributed by atoms with E-state index in [0.29, 0.717) is 17.7 Å². The second-order valence-electron chi connectivity index (χ2n) is 9.37. The summed E-state index contributed by atoms with van der Waals surface area (Å²) in [5.41, 5.74) is 0.822. The Morgan fingerprint density at radius 2 is 1.97 bits per heavy atom. The van der Waals surface area contributed by atoms with Crippen LogP contribution >= 0.6 is 0 Å². The number of hydrogen-bond donors (Lipinski definition) is 1. The third-order valence-electron chi connectivity index (χ3n) is 6.61. The van der Waals surface area contributed by atoms with E-state index in [1.807, 2.05) is 6.92 Å². The molecule has 0 unspecified atom stereocenters. The molecule has 3 atom stereocenters. The molecular weight excluding hydrogens is 459 g/mol. The molecule has 34 heavy (non-hydrogen) atoms. The molecule has 2 aromatic carbocycles. The minimum atomic E-state index is -3.99. The van der Waals surface area contributed by atoms with Crippen LogP contribution < -0.4 is 4.74 Å². The summed E-state index contributed by atoms with van der Waals surface area (Å²) in [4.78, 5) is 14.2. The number of sulfonamides is 1. The average Bonchev–Trinajstić information content (AvgIpc) is 3.66. The van der Waals surface area contributed by atoms with Crippen LogP contribution in [-0.4, -0.2) is 67.5 Å². The normalized spacial score (nSPS) is 23.2. The number of nitrogens with zero attached hydrogens (tertiary/aromatic N) is 2. The Balaban J connectivity index is 1.78. The number of amides is 1. The molecule has 1 N–H and O–H groups in total. The molecule has 4 rings (SSSR count). The molecule has 1 aliphatic heterocycles. The molecule has 7 nitrogen and oxygen atoms in total. The Labute approximate surface area is 200 Å². The molecule has 2 aliphatic rings. The summed E-state index contributed by atoms with van der Waals surface area (Å²) in [5, 5.41) is 9.76. The maximum atomic E-state index is 14.5. The molecule has 1 saturated carbocycles. The van der Waals surface area contributed by atoms with Gasteiger partial charge in [-0.2, -0.15) is 4.31 Å². The number of benzene rings is 2. The van der Waals surface area contributed by atoms with Crippen LogP contribution in [-0.2, 0) is 14.8 Å². The molecule has 0 spiro atoms. The number of hydrogen-bond acceptors (Lipinski definition) is 5. The fraction of sp³-hybridized carbons (Fsp3) is 0.480. The van der Waals surface area contributed by atoms with Crippen molar-refractivity contribution in [2.45, 2.75) is 43.7 Å². The van der Waals surface area contributed by atoms with Gasteiger partial charge in [-0.05, 0) is 43.5 Å². The molecule has 0 aromatic heterocycles. The fourth-order valence-electron chi connectivity index (χ4n) is 4.31. The van der Waals surface area contributed by atoms with Gasteiger partial charge in [0.25, 0.3) is 0 Å². The highest BCUT2D eigenvalue weighted by Crippen LogP contribution is 2.37. The molecule has 0 bridgehead atoms. The van der Waals surface area contributed by atoms with E-state index in [9.17, 15) is 22.7 Å². The van der Waals surface area contributed by atoms with Gasteiger partial charge in [0.15, 0.2) is 0 Å². The van der Waals surface area contributed by atoms with Crippen molar-refractivity contribution < 1.29 is 27.4 Å². The minimum absolute atomic E-state index is 0.0408. The van der Waals surface area contributed by atoms with Crippen molar-refractivity contribution in [3.63, 3.8) is 0 Å². The quantitative estimate of drug-likeness (QED) is 0.672. The van der Waals surface area contributed by atoms with Gasteiger partial charge in [-0.3, -0.25) is 4.79 Å². The maximum absolute atomic E-state index is 14.5. The van der Waals surface area contributed by atoms with Crippen LogP contribution in [0.5, 0.6) is 5.75 Å². The lowest BCUT2D eigenvalue weighted by Crippen LogP contribution is -2.50. The zero-order chi connectivity index (χ0) is 24.6. The van der Waals surface area contributed by atoms with Gasteiger partial charge >= 0.3 is 0 Å². The molecule has 184 valence electrons. The van der Waals surface area contributed by atoms with Crippen molar-refractivity contribution >= 4 is 15.9 Å². The predicted molar refractivity (Wildman–Crippen MR) is 126 cm³/mol. The maximum Gasteiger partial charge on any atom is 0.247 e. The van der Waals surface area contributed by atoms with Crippen LogP contribution in [0, 0.1) is 17.7 Å². The summed E-state index contributed by atoms with van der Waals surface area (Å²) in [6, 6.07) is 10.1. The number of carbonyl (C=O) groups excluding carboxylic acids is 1. The number of halogens is 1. The van der Waals surface area contributed by atoms with Crippen molar-refractivity contribution in [1.29, 1.82) is 0 Å². The largest absolute Gasteiger partial charge is 0.487 e. The van der Waals surface area contributed by atoms with Crippen LogP contribution in [0.2, 0.25) is 0 Å². The highest BCUT2D eigenvalue weighted by Gasteiger charge is 2.39. The summed E-state index contributed by atoms with van der Waals surface area (Å²) in [7, 11) is -2.26. The average molecular weight is 491 g/mol. The van der Waals surface area contributed by atoms with E-state index >= 15 is 0 Å². The number of rotatable bonds is 6. The second-order valence-corrected chi connectivity index (χ2v) is 11.2. The molecule has 1 heterocycles. The molecular formula is C25H31FN2O5S. The van der Waals surface area contributed by atoms with E-state index in [-0.39, 0.29) is 41.5 Å². The van der Waals surface area contributed by atoms with Gasteiger partial charge < -0.3 is 14.7 Å². The summed E-state index contributed by atoms with van der Waals surface area (Å²) in [6.45, 7) is 3.62. The Bertz CT molecular complexity index is 1170. The third-order valence-corrected chi connectivity index (χ3v) is 8.63. The van der Waals surface area contributed by atoms with Crippen LogP contribution in [0.25, 0.3) is 11.1 Å². The Morgan fingerprint density at radius 1 is 1.26 bits per heavy atom. The van der Waals surface area contributed by atoms with E-state index in [2.05, 4.69) is 0 Å². The van der Waals surface area contributed by atoms with E-state index in [1.54, 1.807) is 49.2 Å². The Kier molecular flexibility index (Phi) is 6.98. The van der Waals surface area contributed by atoms with Crippen LogP contribution in [0.1, 0.15) is 26.7 Å². The van der Waals surface area contributed by atoms with Crippen molar-refractivity contribution in [1.82, 2.24) is 9.21 Å². The topological polar surface area (TPSA) is 87.2 Å². The standard InChI is InChI=1S/C25H31FN2O5S/c1-16-13-28(17(2)15-29)34(31,32)24-11-10-19(20-6-4-5-7-21(20)26)12-22(24)33-23(16)14-27(3)25(30)18-8-9-18/h4-7,10-12,16-18,23,29H,8-9,13-15H2,1-3H3/t16-,17-,23+/m1/s1. The first kappa shape index (κ1) is 24.6. The van der Waals surface area contributed by atoms with Gasteiger partial charge in [-0.1, -0.05) is 31.2 Å². The zero-order valence-electron chi connectivity index (χ0n) is 19.6. The Morgan fingerprint density at radius 3 is 2.62 bits per heavy atom.